The first-order valence-corrected chi connectivity index (χ1v) is 22.4. The number of carbonyl (C=O) groups is 2. The van der Waals surface area contributed by atoms with Crippen LogP contribution < -0.4 is 16.0 Å². The van der Waals surface area contributed by atoms with E-state index in [-0.39, 0.29) is 67.5 Å². The first kappa shape index (κ1) is 48.0. The quantitative estimate of drug-likeness (QED) is 0.0179. The van der Waals surface area contributed by atoms with E-state index in [1.807, 2.05) is 0 Å². The SMILES string of the molecule is C=CC1C(OC2OC(CO)C(O)C(O)(O)C2OC(C)C)OC=C2C(=O)OC3CCC(CO)C3CSSCC(CO)[NH+]3C=C(C(=O)O)C(NC(N)=NCCCO)=C(C=CC21)C3. The van der Waals surface area contributed by atoms with Crippen LogP contribution in [0, 0.1) is 23.7 Å². The van der Waals surface area contributed by atoms with Gasteiger partial charge in [-0.25, -0.2) is 9.59 Å². The zero-order valence-corrected chi connectivity index (χ0v) is 35.2. The van der Waals surface area contributed by atoms with Crippen LogP contribution in [0.3, 0.4) is 0 Å². The van der Waals surface area contributed by atoms with Crippen LogP contribution in [0.25, 0.3) is 0 Å². The summed E-state index contributed by atoms with van der Waals surface area (Å²) in [5, 5.41) is 86.1. The van der Waals surface area contributed by atoms with E-state index in [1.54, 1.807) is 26.0 Å². The van der Waals surface area contributed by atoms with Crippen LogP contribution in [0.4, 0.5) is 0 Å². The number of nitrogens with two attached hydrogens (primary N) is 1. The number of hydrogen-bond acceptors (Lipinski definition) is 17. The lowest BCUT2D eigenvalue weighted by Gasteiger charge is -2.48. The number of aliphatic carboxylic acids is 1. The molecule has 0 aromatic heterocycles. The van der Waals surface area contributed by atoms with Crippen molar-refractivity contribution in [3.05, 3.63) is 59.7 Å². The van der Waals surface area contributed by atoms with Crippen molar-refractivity contribution < 1.29 is 79.0 Å². The number of nitrogens with one attached hydrogen (secondary N) is 2. The molecule has 5 rings (SSSR count). The van der Waals surface area contributed by atoms with E-state index in [0.29, 0.717) is 41.2 Å². The Morgan fingerprint density at radius 2 is 1.90 bits per heavy atom. The van der Waals surface area contributed by atoms with Gasteiger partial charge in [0.05, 0.1) is 48.5 Å². The van der Waals surface area contributed by atoms with Gasteiger partial charge in [0.25, 0.3) is 0 Å². The molecule has 0 spiro atoms. The summed E-state index contributed by atoms with van der Waals surface area (Å²) in [6.45, 7) is 6.25. The Bertz CT molecular complexity index is 1670. The summed E-state index contributed by atoms with van der Waals surface area (Å²) in [5.74, 6) is -6.31. The van der Waals surface area contributed by atoms with Crippen molar-refractivity contribution >= 4 is 39.5 Å². The van der Waals surface area contributed by atoms with E-state index < -0.39 is 85.3 Å². The molecular weight excluding hydrogens is 829 g/mol. The molecule has 0 amide bonds. The number of allylic oxidation sites excluding steroid dienone is 1. The largest absolute Gasteiger partial charge is 0.477 e. The van der Waals surface area contributed by atoms with Gasteiger partial charge in [-0.1, -0.05) is 39.8 Å². The second-order valence-corrected chi connectivity index (χ2v) is 18.1. The van der Waals surface area contributed by atoms with Crippen LogP contribution in [0.2, 0.25) is 0 Å². The van der Waals surface area contributed by atoms with Gasteiger partial charge in [0.15, 0.2) is 18.4 Å². The number of esters is 1. The third-order valence-electron chi connectivity index (χ3n) is 11.2. The van der Waals surface area contributed by atoms with Crippen LogP contribution in [-0.4, -0.2) is 165 Å². The molecule has 12 unspecified atom stereocenters. The molecule has 60 heavy (non-hydrogen) atoms. The van der Waals surface area contributed by atoms with Gasteiger partial charge in [-0.3, -0.25) is 9.89 Å². The van der Waals surface area contributed by atoms with Gasteiger partial charge in [0.2, 0.25) is 12.1 Å². The number of aliphatic hydroxyl groups is 7. The van der Waals surface area contributed by atoms with E-state index in [2.05, 4.69) is 16.9 Å². The number of hydrogen-bond donors (Lipinski definition) is 11. The van der Waals surface area contributed by atoms with Crippen LogP contribution in [0.5, 0.6) is 0 Å². The fraction of sp³-hybridized carbons (Fsp3) is 0.667. The maximum absolute atomic E-state index is 14.3. The summed E-state index contributed by atoms with van der Waals surface area (Å²) in [6.07, 6.45) is -0.484. The second kappa shape index (κ2) is 21.9. The van der Waals surface area contributed by atoms with E-state index in [1.165, 1.54) is 33.9 Å². The molecule has 0 aromatic carbocycles. The van der Waals surface area contributed by atoms with Gasteiger partial charge in [-0.05, 0) is 39.0 Å². The van der Waals surface area contributed by atoms with Crippen LogP contribution in [0.1, 0.15) is 33.1 Å². The standard InChI is InChI=1S/C39H58N4O15S2/c1-4-24-25-8-6-21-12-43(13-26(34(49)50)31(21)42-38(40)41-10-5-11-44)23(15-46)18-59-60-19-28-22(14-45)7-9-29(28)56-35(51)27(25)17-54-36(24)58-37-33(55-20(2)3)39(52,53)32(48)30(16-47)57-37/h4,6,8,13,17,20,22-25,28-30,32-33,36-37,44-48,52-53H,1,5,7,9-12,14-16,18-19H2,2-3H3,(H,49,50)(H3,40,41,42)/p+1. The minimum atomic E-state index is -2.94. The number of ether oxygens (including phenoxy) is 5. The van der Waals surface area contributed by atoms with Gasteiger partial charge in [-0.15, -0.1) is 6.58 Å². The molecular formula is C39H59N4O15S2+. The Morgan fingerprint density at radius 1 is 1.15 bits per heavy atom. The van der Waals surface area contributed by atoms with E-state index in [0.717, 1.165) is 6.26 Å². The first-order chi connectivity index (χ1) is 28.7. The fourth-order valence-electron chi connectivity index (χ4n) is 7.91. The van der Waals surface area contributed by atoms with E-state index >= 15 is 0 Å². The molecule has 12 atom stereocenters. The van der Waals surface area contributed by atoms with Crippen molar-refractivity contribution in [2.75, 3.05) is 51.0 Å². The summed E-state index contributed by atoms with van der Waals surface area (Å²) in [7, 11) is 3.01. The van der Waals surface area contributed by atoms with Crippen molar-refractivity contribution in [3.63, 3.8) is 0 Å². The van der Waals surface area contributed by atoms with Gasteiger partial charge >= 0.3 is 11.9 Å². The number of aliphatic imine (C=N–C) groups is 1. The Hall–Kier alpha value is -3.03. The number of fused-ring (bicyclic) bond motifs is 4. The van der Waals surface area contributed by atoms with E-state index in [4.69, 9.17) is 29.4 Å². The minimum Gasteiger partial charge on any atom is -0.477 e. The molecule has 2 bridgehead atoms. The highest BCUT2D eigenvalue weighted by Gasteiger charge is 2.57. The minimum absolute atomic E-state index is 0.0422. The molecule has 21 heteroatoms. The zero-order chi connectivity index (χ0) is 43.7. The van der Waals surface area contributed by atoms with Crippen LogP contribution in [-0.2, 0) is 33.3 Å². The Morgan fingerprint density at radius 3 is 2.55 bits per heavy atom. The normalized spacial score (nSPS) is 35.1. The number of quaternary nitrogens is 1. The maximum atomic E-state index is 14.3. The maximum Gasteiger partial charge on any atom is 0.343 e. The van der Waals surface area contributed by atoms with Gasteiger partial charge < -0.3 is 75.6 Å². The highest BCUT2D eigenvalue weighted by molar-refractivity contribution is 8.76. The second-order valence-electron chi connectivity index (χ2n) is 15.5. The molecule has 0 radical (unpaired) electrons. The number of carboxylic acid groups (broad SMARTS) is 1. The smallest absolute Gasteiger partial charge is 0.343 e. The summed E-state index contributed by atoms with van der Waals surface area (Å²) >= 11 is 0. The van der Waals surface area contributed by atoms with Crippen LogP contribution >= 0.6 is 21.6 Å². The lowest BCUT2D eigenvalue weighted by atomic mass is 9.83. The van der Waals surface area contributed by atoms with Crippen LogP contribution in [0.15, 0.2) is 64.7 Å². The summed E-state index contributed by atoms with van der Waals surface area (Å²) in [5.41, 5.74) is 6.62. The zero-order valence-electron chi connectivity index (χ0n) is 33.6. The molecule has 2 fully saturated rings. The molecule has 1 saturated heterocycles. The predicted octanol–water partition coefficient (Wildman–Crippen LogP) is -2.14. The predicted molar refractivity (Wildman–Crippen MR) is 218 cm³/mol. The Balaban J connectivity index is 1.62. The first-order valence-electron chi connectivity index (χ1n) is 19.9. The third kappa shape index (κ3) is 11.1. The average molecular weight is 888 g/mol. The number of carboxylic acids is 1. The highest BCUT2D eigenvalue weighted by atomic mass is 33.1. The van der Waals surface area contributed by atoms with Gasteiger partial charge in [0, 0.05) is 42.9 Å². The summed E-state index contributed by atoms with van der Waals surface area (Å²) < 4.78 is 30.0. The third-order valence-corrected chi connectivity index (χ3v) is 13.8. The molecule has 336 valence electrons. The molecule has 1 saturated carbocycles. The highest BCUT2D eigenvalue weighted by Crippen LogP contribution is 2.42. The van der Waals surface area contributed by atoms with Gasteiger partial charge in [0.1, 0.15) is 42.7 Å². The lowest BCUT2D eigenvalue weighted by molar-refractivity contribution is -0.867. The number of nitrogens with zero attached hydrogens (tertiary/aromatic N) is 1. The van der Waals surface area contributed by atoms with Crippen molar-refractivity contribution in [1.82, 2.24) is 5.32 Å². The molecule has 19 nitrogen and oxygen atoms in total. The molecule has 12 N–H and O–H groups in total. The van der Waals surface area contributed by atoms with E-state index in [9.17, 15) is 50.4 Å². The fourth-order valence-corrected chi connectivity index (χ4v) is 10.8. The Kier molecular flexibility index (Phi) is 17.5. The number of rotatable bonds is 13. The van der Waals surface area contributed by atoms with Crippen molar-refractivity contribution in [1.29, 1.82) is 0 Å². The summed E-state index contributed by atoms with van der Waals surface area (Å²) in [4.78, 5) is 32.0. The number of carbonyl (C=O) groups excluding carboxylic acids is 1. The number of guanidine groups is 1. The lowest BCUT2D eigenvalue weighted by Crippen LogP contribution is -3.13. The van der Waals surface area contributed by atoms with Crippen molar-refractivity contribution in [2.24, 2.45) is 34.4 Å². The average Bonchev–Trinajstić information content (AvgIpc) is 3.60. The van der Waals surface area contributed by atoms with Gasteiger partial charge in [-0.2, -0.15) is 0 Å². The van der Waals surface area contributed by atoms with Crippen molar-refractivity contribution in [2.45, 2.75) is 88.0 Å². The topological polar surface area (TPSA) is 297 Å². The monoisotopic (exact) mass is 887 g/mol. The number of aliphatic hydroxyl groups excluding tert-OH is 5. The molecule has 0 aromatic rings. The molecule has 1 aliphatic carbocycles. The molecule has 4 heterocycles. The Labute approximate surface area is 356 Å². The molecule has 5 aliphatic rings. The summed E-state index contributed by atoms with van der Waals surface area (Å²) in [6, 6.07) is -0.448. The molecule has 4 aliphatic heterocycles. The van der Waals surface area contributed by atoms with Crippen molar-refractivity contribution in [3.8, 4) is 0 Å².